The molecule has 52 nitrogen and oxygen atoms in total. The van der Waals surface area contributed by atoms with Crippen LogP contribution in [0.1, 0.15) is 117 Å². The number of thioether (sulfide) groups is 2. The number of aliphatic hydroxyl groups is 1. The number of carbonyl (C=O) groups excluding carboxylic acids is 20. The van der Waals surface area contributed by atoms with E-state index in [4.69, 9.17) is 17.2 Å². The number of phenolic OH excluding ortho intramolecular Hbond substituents is 1. The van der Waals surface area contributed by atoms with E-state index in [1.807, 2.05) is 0 Å². The lowest BCUT2D eigenvalue weighted by Gasteiger charge is -2.35. The molecule has 0 aliphatic carbocycles. The van der Waals surface area contributed by atoms with Gasteiger partial charge in [0.25, 0.3) is 0 Å². The van der Waals surface area contributed by atoms with E-state index in [-0.39, 0.29) is 35.6 Å². The predicted molar refractivity (Wildman–Crippen MR) is 528 cm³/mol. The lowest BCUT2D eigenvalue weighted by atomic mass is 9.85. The molecule has 0 spiro atoms. The van der Waals surface area contributed by atoms with Gasteiger partial charge in [0.15, 0.2) is 11.5 Å². The van der Waals surface area contributed by atoms with E-state index in [0.29, 0.717) is 39.9 Å². The Morgan fingerprint density at radius 1 is 0.486 bits per heavy atom. The molecule has 0 aromatic heterocycles. The summed E-state index contributed by atoms with van der Waals surface area (Å²) in [5.41, 5.74) is 13.7. The summed E-state index contributed by atoms with van der Waals surface area (Å²) in [5, 5.41) is 104. The van der Waals surface area contributed by atoms with Gasteiger partial charge in [0, 0.05) is 69.7 Å². The molecule has 3 aliphatic rings. The summed E-state index contributed by atoms with van der Waals surface area (Å²) in [6, 6.07) is -6.29. The van der Waals surface area contributed by atoms with Crippen molar-refractivity contribution in [2.24, 2.45) is 22.6 Å². The summed E-state index contributed by atoms with van der Waals surface area (Å²) >= 11 is 1.24. The van der Waals surface area contributed by atoms with Gasteiger partial charge in [0.1, 0.15) is 96.4 Å². The maximum atomic E-state index is 15.6. The lowest BCUT2D eigenvalue weighted by Crippen LogP contribution is -2.65. The second-order valence-electron chi connectivity index (χ2n) is 36.9. The Balaban J connectivity index is 1.42. The molecule has 54 heteroatoms. The fraction of sp³-hybridized carbons (Fsp3) is 0.511. The van der Waals surface area contributed by atoms with Crippen LogP contribution < -0.4 is 102 Å². The second kappa shape index (κ2) is 56.6. The van der Waals surface area contributed by atoms with Gasteiger partial charge in [0.2, 0.25) is 112 Å². The number of nitrogens with two attached hydrogens (primary N) is 3. The third-order valence-electron chi connectivity index (χ3n) is 23.9. The van der Waals surface area contributed by atoms with Crippen molar-refractivity contribution in [3.05, 3.63) is 114 Å². The molecule has 3 saturated heterocycles. The third kappa shape index (κ3) is 38.4. The van der Waals surface area contributed by atoms with Crippen molar-refractivity contribution in [3.63, 3.8) is 0 Å². The number of ketones is 1. The van der Waals surface area contributed by atoms with Crippen LogP contribution in [0, 0.1) is 5.41 Å². The van der Waals surface area contributed by atoms with Crippen LogP contribution in [0.5, 0.6) is 5.75 Å². The van der Waals surface area contributed by atoms with E-state index >= 15 is 33.6 Å². The molecule has 4 aromatic rings. The molecule has 4 bridgehead atoms. The van der Waals surface area contributed by atoms with Crippen molar-refractivity contribution in [3.8, 4) is 5.75 Å². The van der Waals surface area contributed by atoms with Crippen LogP contribution in [-0.4, -0.2) is 366 Å². The SMILES string of the molecule is CC(C(=O)CCN)N(C)CC(=O)N[C@@H](C)C(=O)N[C@H]1CSCC(=O)N2CCN3CC(O)(C2)NC[C@@H](NC(=O)[C@@H](C)NC(=O)[C@H](Cc2cccc4ccccc24)NC(=O)[C@H](CCC(=O)O)NC(=O)[C@H](CC(N)=O)NC(=O)[C@@H](C)NC1=O)C(=O)N[C@@H](CCC(=O)O)C(=O)N[C@@H](CC(=O)O)C(=O)N[C@@H](Cc1ccccc1)C(=O)N[C@@H](Cc1ccc(O)cc1)C(=O)NC(CC(=O)O)C(=O)N[C@@H](C(C)(C)C)C(=O)N[C@H](C(N)=O)CSCC3=O. The number of aliphatic carboxylic acids is 4. The van der Waals surface area contributed by atoms with Crippen LogP contribution in [0.2, 0.25) is 0 Å². The number of hydrogen-bond donors (Lipinski definition) is 25. The van der Waals surface area contributed by atoms with Crippen molar-refractivity contribution < 1.29 is 146 Å². The average Bonchev–Trinajstić information content (AvgIpc) is 1.58. The van der Waals surface area contributed by atoms with Gasteiger partial charge in [-0.1, -0.05) is 106 Å². The van der Waals surface area contributed by atoms with Gasteiger partial charge in [-0.2, -0.15) is 0 Å². The van der Waals surface area contributed by atoms with Crippen LogP contribution in [0.15, 0.2) is 97.1 Å². The molecule has 0 saturated carbocycles. The number of Topliss-reactive ketones (excluding diaryl/α,β-unsaturated/α-hetero) is 1. The number of likely N-dealkylation sites (N-methyl/N-ethyl adjacent to an activating group) is 1. The van der Waals surface area contributed by atoms with Crippen molar-refractivity contribution in [1.82, 2.24) is 99.8 Å². The smallest absolute Gasteiger partial charge is 0.305 e. The minimum absolute atomic E-state index is 0.00449. The minimum Gasteiger partial charge on any atom is -0.508 e. The summed E-state index contributed by atoms with van der Waals surface area (Å²) in [4.78, 5) is 345. The number of rotatable bonds is 28. The molecule has 3 fully saturated rings. The first kappa shape index (κ1) is 120. The van der Waals surface area contributed by atoms with Crippen molar-refractivity contribution >= 4 is 176 Å². The molecular formula is C94H128N22O30S2. The first-order valence-electron chi connectivity index (χ1n) is 47.0. The molecule has 806 valence electrons. The maximum absolute atomic E-state index is 15.6. The fourth-order valence-corrected chi connectivity index (χ4v) is 17.4. The van der Waals surface area contributed by atoms with Crippen LogP contribution in [0.4, 0.5) is 0 Å². The molecule has 7 rings (SSSR count). The van der Waals surface area contributed by atoms with Gasteiger partial charge >= 0.3 is 23.9 Å². The second-order valence-corrected chi connectivity index (χ2v) is 39.0. The van der Waals surface area contributed by atoms with Gasteiger partial charge in [-0.3, -0.25) is 125 Å². The van der Waals surface area contributed by atoms with Gasteiger partial charge in [-0.15, -0.1) is 23.5 Å². The zero-order chi connectivity index (χ0) is 110. The molecule has 4 aromatic carbocycles. The number of amides is 19. The van der Waals surface area contributed by atoms with Gasteiger partial charge < -0.3 is 137 Å². The molecule has 19 amide bonds. The first-order valence-corrected chi connectivity index (χ1v) is 49.3. The van der Waals surface area contributed by atoms with E-state index < -0.39 is 370 Å². The number of nitrogens with zero attached hydrogens (tertiary/aromatic N) is 3. The average molecular weight is 2110 g/mol. The van der Waals surface area contributed by atoms with Crippen LogP contribution in [0.3, 0.4) is 0 Å². The highest BCUT2D eigenvalue weighted by atomic mass is 32.2. The Morgan fingerprint density at radius 2 is 0.926 bits per heavy atom. The number of carbonyl (C=O) groups is 24. The zero-order valence-electron chi connectivity index (χ0n) is 82.4. The van der Waals surface area contributed by atoms with E-state index in [1.54, 1.807) is 48.5 Å². The summed E-state index contributed by atoms with van der Waals surface area (Å²) < 4.78 is 0. The van der Waals surface area contributed by atoms with E-state index in [0.717, 1.165) is 23.6 Å². The van der Waals surface area contributed by atoms with Crippen molar-refractivity contribution in [1.29, 1.82) is 0 Å². The maximum Gasteiger partial charge on any atom is 0.305 e. The van der Waals surface area contributed by atoms with Gasteiger partial charge in [-0.05, 0) is 99.1 Å². The first-order chi connectivity index (χ1) is 69.6. The molecule has 3 heterocycles. The molecule has 17 atom stereocenters. The zero-order valence-corrected chi connectivity index (χ0v) is 84.0. The molecule has 28 N–H and O–H groups in total. The highest BCUT2D eigenvalue weighted by molar-refractivity contribution is 8.00. The summed E-state index contributed by atoms with van der Waals surface area (Å²) in [6.07, 6.45) is -9.01. The number of fused-ring (bicyclic) bond motifs is 5. The van der Waals surface area contributed by atoms with E-state index in [2.05, 4.69) is 85.1 Å². The van der Waals surface area contributed by atoms with E-state index in [1.165, 1.54) is 95.1 Å². The van der Waals surface area contributed by atoms with Crippen LogP contribution >= 0.6 is 23.5 Å². The Hall–Kier alpha value is -15.0. The van der Waals surface area contributed by atoms with Crippen LogP contribution in [-0.2, 0) is 134 Å². The molecule has 148 heavy (non-hydrogen) atoms. The number of phenols is 1. The number of nitrogens with one attached hydrogen (secondary N) is 16. The fourth-order valence-electron chi connectivity index (χ4n) is 15.5. The minimum atomic E-state index is -2.79. The standard InChI is InChI=1S/C94H128N22O30S2/c1-47(99-70(120)40-114(8)50(4)68(118)29-30-95)79(132)112-67-42-148-44-72(122)116-32-31-115-45-94(146,46-116)98-39-65(110-81(134)49(3)100-84(137)61(35-54-19-14-18-53-17-12-13-20-56(53)54)107-82(135)57(25-27-73(123)124)102-87(140)62(36-69(96)119)104-80(133)48(2)101-91(67)144)90(143)103-58(26-28-74(125)126)83(136)108-63(37-75(127)128)88(141)106-59(33-51-15-10-9-11-16-51)85(138)105-60(34-52-21-23-55(117)24-22-52)86(139)109-64(38-76(129)130)89(142)113-77(93(5,6)7)92(145)111-66(78(97)131)41-147-43-71(115)121/h9-24,47-50,57-67,77,98,117,146H,25-46,95H2,1-8H3,(H2,96,119)(H2,97,131)(H,99,120)(H,100,137)(H,101,144)(H,102,140)(H,103,143)(H,104,133)(H,105,138)(H,106,141)(H,107,135)(H,108,136)(H,109,139)(H,110,134)(H,111,145)(H,112,132)(H,113,142)(H,123,124)(H,125,126)(H,127,128)(H,129,130)/t47-,48+,49+,50?,57-,58-,59-,60-,61-,62-,63-,64?,65+,66-,67-,77+,94?/m0/s1. The monoisotopic (exact) mass is 2110 g/mol. The number of hydrogen-bond acceptors (Lipinski definition) is 31. The van der Waals surface area contributed by atoms with Gasteiger partial charge in [-0.25, -0.2) is 0 Å². The Kier molecular flexibility index (Phi) is 45.9. The largest absolute Gasteiger partial charge is 0.508 e. The van der Waals surface area contributed by atoms with Crippen molar-refractivity contribution in [2.45, 2.75) is 221 Å². The molecule has 3 aliphatic heterocycles. The summed E-state index contributed by atoms with van der Waals surface area (Å²) in [6.45, 7) is 4.54. The Bertz CT molecular complexity index is 5560. The number of aromatic hydroxyl groups is 1. The number of carboxylic acid groups (broad SMARTS) is 4. The normalized spacial score (nSPS) is 24.7. The van der Waals surface area contributed by atoms with Crippen LogP contribution in [0.25, 0.3) is 10.8 Å². The summed E-state index contributed by atoms with van der Waals surface area (Å²) in [5.74, 6) is -33.7. The molecule has 0 radical (unpaired) electrons. The molecule has 3 unspecified atom stereocenters. The lowest BCUT2D eigenvalue weighted by molar-refractivity contribution is -0.142. The Labute approximate surface area is 856 Å². The molecular weight excluding hydrogens is 1980 g/mol. The van der Waals surface area contributed by atoms with E-state index in [9.17, 15) is 112 Å². The highest BCUT2D eigenvalue weighted by Gasteiger charge is 2.45. The number of primary amides is 2. The number of benzene rings is 4. The van der Waals surface area contributed by atoms with Gasteiger partial charge in [0.05, 0.1) is 56.4 Å². The predicted octanol–water partition coefficient (Wildman–Crippen LogP) is -8.33. The third-order valence-corrected chi connectivity index (χ3v) is 26.0. The number of carboxylic acids is 4. The van der Waals surface area contributed by atoms with Crippen molar-refractivity contribution in [2.75, 3.05) is 75.9 Å². The topological polar surface area (TPSA) is 811 Å². The quantitative estimate of drug-likeness (QED) is 0.0251. The highest BCUT2D eigenvalue weighted by Crippen LogP contribution is 2.25. The Morgan fingerprint density at radius 3 is 1.44 bits per heavy atom. The summed E-state index contributed by atoms with van der Waals surface area (Å²) in [7, 11) is 1.44.